The number of nitrogens with two attached hydrogens (primary N) is 1. The van der Waals surface area contributed by atoms with Crippen molar-refractivity contribution in [2.45, 2.75) is 13.1 Å². The van der Waals surface area contributed by atoms with Crippen LogP contribution in [0, 0.1) is 12.7 Å². The molecule has 0 aromatic heterocycles. The molecule has 0 radical (unpaired) electrons. The smallest absolute Gasteiger partial charge is 0.329 e. The van der Waals surface area contributed by atoms with Crippen LogP contribution in [0.1, 0.15) is 15.9 Å². The zero-order chi connectivity index (χ0) is 14.6. The van der Waals surface area contributed by atoms with Crippen molar-refractivity contribution >= 4 is 5.91 Å². The fourth-order valence-corrected chi connectivity index (χ4v) is 1.60. The van der Waals surface area contributed by atoms with Crippen molar-refractivity contribution in [3.63, 3.8) is 0 Å². The van der Waals surface area contributed by atoms with Crippen molar-refractivity contribution in [3.8, 4) is 0 Å². The third-order valence-corrected chi connectivity index (χ3v) is 2.41. The highest BCUT2D eigenvalue weighted by molar-refractivity contribution is 5.94. The monoisotopic (exact) mass is 278 g/mol. The van der Waals surface area contributed by atoms with E-state index in [0.717, 1.165) is 6.07 Å². The molecule has 1 amide bonds. The largest absolute Gasteiger partial charge is 0.406 e. The van der Waals surface area contributed by atoms with Gasteiger partial charge < -0.3 is 10.6 Å². The van der Waals surface area contributed by atoms with E-state index in [1.165, 1.54) is 12.1 Å². The van der Waals surface area contributed by atoms with Gasteiger partial charge in [-0.25, -0.2) is 4.39 Å². The number of alkyl halides is 3. The highest BCUT2D eigenvalue weighted by Crippen LogP contribution is 2.19. The minimum absolute atomic E-state index is 0.130. The number of rotatable bonds is 4. The molecule has 0 aliphatic rings. The summed E-state index contributed by atoms with van der Waals surface area (Å²) >= 11 is 0. The molecular formula is C12H14F4N2O. The topological polar surface area (TPSA) is 46.3 Å². The van der Waals surface area contributed by atoms with Crippen molar-refractivity contribution < 1.29 is 22.4 Å². The third kappa shape index (κ3) is 4.51. The summed E-state index contributed by atoms with van der Waals surface area (Å²) in [5, 5.41) is 0. The van der Waals surface area contributed by atoms with Crippen LogP contribution < -0.4 is 5.73 Å². The molecule has 19 heavy (non-hydrogen) atoms. The molecule has 3 nitrogen and oxygen atoms in total. The van der Waals surface area contributed by atoms with Crippen LogP contribution >= 0.6 is 0 Å². The number of benzene rings is 1. The van der Waals surface area contributed by atoms with Crippen LogP contribution in [0.15, 0.2) is 18.2 Å². The highest BCUT2D eigenvalue weighted by Gasteiger charge is 2.33. The Labute approximate surface area is 108 Å². The fraction of sp³-hybridized carbons (Fsp3) is 0.417. The number of amides is 1. The Morgan fingerprint density at radius 1 is 1.37 bits per heavy atom. The lowest BCUT2D eigenvalue weighted by Crippen LogP contribution is -2.42. The van der Waals surface area contributed by atoms with E-state index < -0.39 is 24.4 Å². The molecule has 106 valence electrons. The predicted molar refractivity (Wildman–Crippen MR) is 62.1 cm³/mol. The molecule has 1 aromatic carbocycles. The Kier molecular flexibility index (Phi) is 4.88. The maximum atomic E-state index is 13.5. The summed E-state index contributed by atoms with van der Waals surface area (Å²) in [4.78, 5) is 12.4. The molecule has 0 heterocycles. The molecule has 2 N–H and O–H groups in total. The summed E-state index contributed by atoms with van der Waals surface area (Å²) < 4.78 is 50.6. The summed E-state index contributed by atoms with van der Waals surface area (Å²) in [7, 11) is 0. The van der Waals surface area contributed by atoms with Gasteiger partial charge in [0.1, 0.15) is 12.4 Å². The maximum Gasteiger partial charge on any atom is 0.406 e. The number of hydrogen-bond acceptors (Lipinski definition) is 2. The van der Waals surface area contributed by atoms with Crippen LogP contribution in [0.4, 0.5) is 17.6 Å². The number of aryl methyl sites for hydroxylation is 1. The summed E-state index contributed by atoms with van der Waals surface area (Å²) in [6.45, 7) is -0.245. The molecule has 0 aliphatic carbocycles. The first-order valence-corrected chi connectivity index (χ1v) is 5.57. The van der Waals surface area contributed by atoms with Crippen molar-refractivity contribution in [1.29, 1.82) is 0 Å². The number of hydrogen-bond donors (Lipinski definition) is 1. The first kappa shape index (κ1) is 15.4. The summed E-state index contributed by atoms with van der Waals surface area (Å²) in [5.41, 5.74) is 5.39. The van der Waals surface area contributed by atoms with Crippen molar-refractivity contribution in [2.24, 2.45) is 5.73 Å². The van der Waals surface area contributed by atoms with Gasteiger partial charge in [0.2, 0.25) is 0 Å². The standard InChI is InChI=1S/C12H14F4N2O/c1-8-2-3-10(13)9(6-8)11(19)18(5-4-17)7-12(14,15)16/h2-3,6H,4-5,7,17H2,1H3. The zero-order valence-electron chi connectivity index (χ0n) is 10.3. The van der Waals surface area contributed by atoms with Crippen LogP contribution in [-0.4, -0.2) is 36.6 Å². The second kappa shape index (κ2) is 6.01. The lowest BCUT2D eigenvalue weighted by atomic mass is 10.1. The number of carbonyl (C=O) groups excluding carboxylic acids is 1. The SMILES string of the molecule is Cc1ccc(F)c(C(=O)N(CCN)CC(F)(F)F)c1. The Hall–Kier alpha value is -1.63. The van der Waals surface area contributed by atoms with Gasteiger partial charge in [0.15, 0.2) is 0 Å². The minimum Gasteiger partial charge on any atom is -0.329 e. The molecule has 0 spiro atoms. The van der Waals surface area contributed by atoms with Gasteiger partial charge in [0.25, 0.3) is 5.91 Å². The lowest BCUT2D eigenvalue weighted by Gasteiger charge is -2.23. The summed E-state index contributed by atoms with van der Waals surface area (Å²) in [6, 6.07) is 3.71. The van der Waals surface area contributed by atoms with Crippen molar-refractivity contribution in [2.75, 3.05) is 19.6 Å². The molecule has 7 heteroatoms. The summed E-state index contributed by atoms with van der Waals surface area (Å²) in [6.07, 6.45) is -4.55. The Morgan fingerprint density at radius 3 is 2.53 bits per heavy atom. The van der Waals surface area contributed by atoms with Gasteiger partial charge >= 0.3 is 6.18 Å². The maximum absolute atomic E-state index is 13.5. The van der Waals surface area contributed by atoms with Gasteiger partial charge in [-0.1, -0.05) is 11.6 Å². The Balaban J connectivity index is 3.02. The van der Waals surface area contributed by atoms with E-state index in [0.29, 0.717) is 10.5 Å². The van der Waals surface area contributed by atoms with Gasteiger partial charge in [0, 0.05) is 13.1 Å². The molecule has 0 atom stereocenters. The van der Waals surface area contributed by atoms with Crippen molar-refractivity contribution in [3.05, 3.63) is 35.1 Å². The zero-order valence-corrected chi connectivity index (χ0v) is 10.3. The van der Waals surface area contributed by atoms with Crippen LogP contribution in [0.3, 0.4) is 0 Å². The number of nitrogens with zero attached hydrogens (tertiary/aromatic N) is 1. The van der Waals surface area contributed by atoms with Crippen LogP contribution in [0.5, 0.6) is 0 Å². The van der Waals surface area contributed by atoms with Crippen molar-refractivity contribution in [1.82, 2.24) is 4.90 Å². The van der Waals surface area contributed by atoms with E-state index in [2.05, 4.69) is 0 Å². The Morgan fingerprint density at radius 2 is 2.00 bits per heavy atom. The Bertz CT molecular complexity index is 460. The average Bonchev–Trinajstić information content (AvgIpc) is 2.29. The van der Waals surface area contributed by atoms with Crippen LogP contribution in [-0.2, 0) is 0 Å². The minimum atomic E-state index is -4.55. The van der Waals surface area contributed by atoms with E-state index in [-0.39, 0.29) is 18.7 Å². The third-order valence-electron chi connectivity index (χ3n) is 2.41. The average molecular weight is 278 g/mol. The number of halogens is 4. The van der Waals surface area contributed by atoms with Gasteiger partial charge in [-0.2, -0.15) is 13.2 Å². The first-order chi connectivity index (χ1) is 8.74. The lowest BCUT2D eigenvalue weighted by molar-refractivity contribution is -0.140. The molecule has 0 unspecified atom stereocenters. The molecule has 0 fully saturated rings. The number of carbonyl (C=O) groups is 1. The van der Waals surface area contributed by atoms with E-state index in [1.54, 1.807) is 6.92 Å². The van der Waals surface area contributed by atoms with E-state index in [4.69, 9.17) is 5.73 Å². The summed E-state index contributed by atoms with van der Waals surface area (Å²) in [5.74, 6) is -1.86. The second-order valence-electron chi connectivity index (χ2n) is 4.11. The van der Waals surface area contributed by atoms with Crippen LogP contribution in [0.25, 0.3) is 0 Å². The molecule has 1 aromatic rings. The van der Waals surface area contributed by atoms with E-state index >= 15 is 0 Å². The van der Waals surface area contributed by atoms with Gasteiger partial charge in [-0.15, -0.1) is 0 Å². The predicted octanol–water partition coefficient (Wildman–Crippen LogP) is 2.10. The first-order valence-electron chi connectivity index (χ1n) is 5.57. The second-order valence-corrected chi connectivity index (χ2v) is 4.11. The molecule has 0 saturated carbocycles. The molecule has 0 aliphatic heterocycles. The van der Waals surface area contributed by atoms with Gasteiger partial charge in [-0.3, -0.25) is 4.79 Å². The molecule has 0 saturated heterocycles. The molecule has 0 bridgehead atoms. The quantitative estimate of drug-likeness (QED) is 0.857. The normalized spacial score (nSPS) is 11.5. The van der Waals surface area contributed by atoms with E-state index in [9.17, 15) is 22.4 Å². The molecule has 1 rings (SSSR count). The van der Waals surface area contributed by atoms with E-state index in [1.807, 2.05) is 0 Å². The highest BCUT2D eigenvalue weighted by atomic mass is 19.4. The van der Waals surface area contributed by atoms with Gasteiger partial charge in [0.05, 0.1) is 5.56 Å². The molecular weight excluding hydrogens is 264 g/mol. The van der Waals surface area contributed by atoms with Crippen LogP contribution in [0.2, 0.25) is 0 Å². The fourth-order valence-electron chi connectivity index (χ4n) is 1.60. The van der Waals surface area contributed by atoms with Gasteiger partial charge in [-0.05, 0) is 19.1 Å².